The number of hydrogen-bond donors (Lipinski definition) is 2. The summed E-state index contributed by atoms with van der Waals surface area (Å²) in [6.07, 6.45) is 3.07. The first-order valence-electron chi connectivity index (χ1n) is 9.62. The van der Waals surface area contributed by atoms with Crippen molar-refractivity contribution in [2.24, 2.45) is 0 Å². The normalized spacial score (nSPS) is 22.0. The topological polar surface area (TPSA) is 111 Å². The number of piperazine rings is 1. The van der Waals surface area contributed by atoms with Crippen molar-refractivity contribution in [3.05, 3.63) is 12.4 Å². The van der Waals surface area contributed by atoms with E-state index in [0.717, 1.165) is 18.7 Å². The Labute approximate surface area is 164 Å². The number of carboxylic acid groups (broad SMARTS) is 1. The Morgan fingerprint density at radius 2 is 2.00 bits per heavy atom. The Kier molecular flexibility index (Phi) is 6.50. The zero-order chi connectivity index (χ0) is 20.1. The molecule has 2 aliphatic rings. The molecular weight excluding hydrogens is 364 g/mol. The summed E-state index contributed by atoms with van der Waals surface area (Å²) in [6, 6.07) is 2.09. The number of methoxy groups -OCH3 is 1. The van der Waals surface area contributed by atoms with Crippen molar-refractivity contribution in [3.8, 4) is 5.88 Å². The number of carboxylic acids is 1. The van der Waals surface area contributed by atoms with Crippen molar-refractivity contribution in [1.82, 2.24) is 25.1 Å². The Balaban J connectivity index is 1.42. The van der Waals surface area contributed by atoms with Gasteiger partial charge in [-0.15, -0.1) is 0 Å². The van der Waals surface area contributed by atoms with Gasteiger partial charge in [-0.3, -0.25) is 9.69 Å². The number of anilines is 1. The van der Waals surface area contributed by atoms with Crippen LogP contribution in [0.1, 0.15) is 19.8 Å². The molecule has 1 aliphatic carbocycles. The van der Waals surface area contributed by atoms with Gasteiger partial charge in [0.25, 0.3) is 0 Å². The molecule has 0 bridgehead atoms. The van der Waals surface area contributed by atoms with Crippen LogP contribution in [0.5, 0.6) is 5.88 Å². The Morgan fingerprint density at radius 1 is 1.29 bits per heavy atom. The van der Waals surface area contributed by atoms with Crippen LogP contribution in [0.3, 0.4) is 0 Å². The van der Waals surface area contributed by atoms with Gasteiger partial charge in [-0.05, 0) is 19.4 Å². The van der Waals surface area contributed by atoms with Gasteiger partial charge in [-0.2, -0.15) is 0 Å². The molecule has 2 heterocycles. The largest absolute Gasteiger partial charge is 0.481 e. The molecule has 2 fully saturated rings. The molecule has 0 aromatic carbocycles. The molecule has 1 saturated heterocycles. The minimum atomic E-state index is -0.812. The molecule has 0 spiro atoms. The third-order valence-electron chi connectivity index (χ3n) is 5.43. The molecule has 10 nitrogen and oxygen atoms in total. The first-order chi connectivity index (χ1) is 13.5. The van der Waals surface area contributed by atoms with Crippen LogP contribution < -0.4 is 15.0 Å². The fourth-order valence-corrected chi connectivity index (χ4v) is 3.70. The van der Waals surface area contributed by atoms with Crippen LogP contribution in [0.4, 0.5) is 10.6 Å². The molecule has 3 rings (SSSR count). The van der Waals surface area contributed by atoms with Gasteiger partial charge in [-0.25, -0.2) is 14.8 Å². The van der Waals surface area contributed by atoms with Gasteiger partial charge >= 0.3 is 12.0 Å². The van der Waals surface area contributed by atoms with Crippen LogP contribution in [0, 0.1) is 0 Å². The summed E-state index contributed by atoms with van der Waals surface area (Å²) < 4.78 is 5.13. The second-order valence-corrected chi connectivity index (χ2v) is 7.12. The minimum absolute atomic E-state index is 0.0512. The van der Waals surface area contributed by atoms with Gasteiger partial charge in [0.1, 0.15) is 12.1 Å². The van der Waals surface area contributed by atoms with E-state index in [0.29, 0.717) is 38.6 Å². The summed E-state index contributed by atoms with van der Waals surface area (Å²) >= 11 is 0. The lowest BCUT2D eigenvalue weighted by Crippen LogP contribution is -2.59. The highest BCUT2D eigenvalue weighted by atomic mass is 16.5. The fourth-order valence-electron chi connectivity index (χ4n) is 3.70. The van der Waals surface area contributed by atoms with Crippen molar-refractivity contribution < 1.29 is 19.4 Å². The van der Waals surface area contributed by atoms with E-state index in [2.05, 4.69) is 20.2 Å². The van der Waals surface area contributed by atoms with E-state index < -0.39 is 5.97 Å². The van der Waals surface area contributed by atoms with E-state index in [-0.39, 0.29) is 24.7 Å². The van der Waals surface area contributed by atoms with E-state index in [1.165, 1.54) is 6.33 Å². The number of aliphatic carboxylic acids is 1. The third-order valence-corrected chi connectivity index (χ3v) is 5.43. The van der Waals surface area contributed by atoms with E-state index in [4.69, 9.17) is 9.84 Å². The van der Waals surface area contributed by atoms with E-state index in [1.807, 2.05) is 16.7 Å². The summed E-state index contributed by atoms with van der Waals surface area (Å²) in [5.74, 6) is 0.508. The number of likely N-dealkylation sites (N-methyl/N-ethyl adjacent to an activating group) is 1. The number of carbonyl (C=O) groups excluding carboxylic acids is 1. The number of hydrogen-bond acceptors (Lipinski definition) is 7. The van der Waals surface area contributed by atoms with Gasteiger partial charge in [0.2, 0.25) is 5.88 Å². The average Bonchev–Trinajstić information content (AvgIpc) is 2.68. The number of nitrogens with one attached hydrogen (secondary N) is 1. The highest BCUT2D eigenvalue weighted by Gasteiger charge is 2.35. The third kappa shape index (κ3) is 4.80. The predicted octanol–water partition coefficient (Wildman–Crippen LogP) is 0.254. The van der Waals surface area contributed by atoms with Crippen molar-refractivity contribution in [2.45, 2.75) is 31.8 Å². The Hall–Kier alpha value is -2.62. The van der Waals surface area contributed by atoms with Crippen LogP contribution >= 0.6 is 0 Å². The van der Waals surface area contributed by atoms with Crippen molar-refractivity contribution >= 4 is 17.8 Å². The summed E-state index contributed by atoms with van der Waals surface area (Å²) in [5.41, 5.74) is 0. The van der Waals surface area contributed by atoms with Crippen LogP contribution in [0.2, 0.25) is 0 Å². The second-order valence-electron chi connectivity index (χ2n) is 7.12. The zero-order valence-electron chi connectivity index (χ0n) is 16.4. The SMILES string of the molecule is CCN(CC(=O)O)C1CC(NC(=O)N2CCN(c3cc(OC)ncn3)CC2)C1. The number of rotatable bonds is 7. The number of carbonyl (C=O) groups is 2. The lowest BCUT2D eigenvalue weighted by Gasteiger charge is -2.43. The molecule has 1 saturated carbocycles. The quantitative estimate of drug-likeness (QED) is 0.680. The Bertz CT molecular complexity index is 688. The monoisotopic (exact) mass is 392 g/mol. The molecule has 1 aliphatic heterocycles. The smallest absolute Gasteiger partial charge is 0.317 e. The van der Waals surface area contributed by atoms with Gasteiger partial charge in [0.05, 0.1) is 13.7 Å². The second kappa shape index (κ2) is 9.05. The lowest BCUT2D eigenvalue weighted by atomic mass is 9.85. The minimum Gasteiger partial charge on any atom is -0.481 e. The maximum atomic E-state index is 12.5. The van der Waals surface area contributed by atoms with Gasteiger partial charge < -0.3 is 25.0 Å². The molecule has 0 atom stereocenters. The van der Waals surface area contributed by atoms with Crippen molar-refractivity contribution in [1.29, 1.82) is 0 Å². The summed E-state index contributed by atoms with van der Waals surface area (Å²) in [6.45, 7) is 5.35. The number of aromatic nitrogens is 2. The molecule has 2 N–H and O–H groups in total. The standard InChI is InChI=1S/C18H28N6O4/c1-3-22(11-17(25)26)14-8-13(9-14)21-18(27)24-6-4-23(5-7-24)15-10-16(28-2)20-12-19-15/h10,12-14H,3-9,11H2,1-2H3,(H,21,27)(H,25,26). The maximum Gasteiger partial charge on any atom is 0.317 e. The fraction of sp³-hybridized carbons (Fsp3) is 0.667. The molecular formula is C18H28N6O4. The molecule has 154 valence electrons. The zero-order valence-corrected chi connectivity index (χ0v) is 16.4. The molecule has 10 heteroatoms. The van der Waals surface area contributed by atoms with E-state index >= 15 is 0 Å². The Morgan fingerprint density at radius 3 is 2.61 bits per heavy atom. The van der Waals surface area contributed by atoms with Gasteiger partial charge in [0, 0.05) is 44.3 Å². The van der Waals surface area contributed by atoms with Gasteiger partial charge in [-0.1, -0.05) is 6.92 Å². The summed E-state index contributed by atoms with van der Waals surface area (Å²) in [5, 5.41) is 12.0. The van der Waals surface area contributed by atoms with Crippen molar-refractivity contribution in [3.63, 3.8) is 0 Å². The summed E-state index contributed by atoms with van der Waals surface area (Å²) in [7, 11) is 1.57. The molecule has 0 unspecified atom stereocenters. The first kappa shape index (κ1) is 20.1. The van der Waals surface area contributed by atoms with Crippen LogP contribution in [-0.4, -0.2) is 95.3 Å². The van der Waals surface area contributed by atoms with Crippen LogP contribution in [-0.2, 0) is 4.79 Å². The maximum absolute atomic E-state index is 12.5. The highest BCUT2D eigenvalue weighted by Crippen LogP contribution is 2.26. The van der Waals surface area contributed by atoms with Crippen molar-refractivity contribution in [2.75, 3.05) is 51.3 Å². The number of ether oxygens (including phenoxy) is 1. The number of amides is 2. The molecule has 0 radical (unpaired) electrons. The predicted molar refractivity (Wildman–Crippen MR) is 103 cm³/mol. The molecule has 1 aromatic heterocycles. The van der Waals surface area contributed by atoms with Crippen LogP contribution in [0.15, 0.2) is 12.4 Å². The summed E-state index contributed by atoms with van der Waals surface area (Å²) in [4.78, 5) is 37.6. The molecule has 1 aromatic rings. The van der Waals surface area contributed by atoms with Gasteiger partial charge in [0.15, 0.2) is 0 Å². The number of nitrogens with zero attached hydrogens (tertiary/aromatic N) is 5. The van der Waals surface area contributed by atoms with E-state index in [1.54, 1.807) is 13.2 Å². The molecule has 28 heavy (non-hydrogen) atoms. The number of urea groups is 1. The van der Waals surface area contributed by atoms with Crippen LogP contribution in [0.25, 0.3) is 0 Å². The van der Waals surface area contributed by atoms with E-state index in [9.17, 15) is 9.59 Å². The highest BCUT2D eigenvalue weighted by molar-refractivity contribution is 5.75. The average molecular weight is 392 g/mol. The molecule has 2 amide bonds. The lowest BCUT2D eigenvalue weighted by molar-refractivity contribution is -0.139. The first-order valence-corrected chi connectivity index (χ1v) is 9.62.